The zero-order chi connectivity index (χ0) is 17.6. The Balaban J connectivity index is 2.24. The molecule has 2 atom stereocenters. The second-order valence-electron chi connectivity index (χ2n) is 6.04. The van der Waals surface area contributed by atoms with E-state index < -0.39 is 23.7 Å². The number of benzene rings is 1. The molecule has 2 unspecified atom stereocenters. The molecule has 0 amide bonds. The minimum absolute atomic E-state index is 0.0380. The SMILES string of the molecule is CC1(C)C(C=C(Cl)Cl)C1Cc1cc(OC(F)(F)F)c(F)cc1F. The van der Waals surface area contributed by atoms with E-state index in [2.05, 4.69) is 4.74 Å². The lowest BCUT2D eigenvalue weighted by atomic mass is 10.0. The predicted molar refractivity (Wildman–Crippen MR) is 77.3 cm³/mol. The van der Waals surface area contributed by atoms with Crippen molar-refractivity contribution in [3.8, 4) is 5.75 Å². The van der Waals surface area contributed by atoms with E-state index >= 15 is 0 Å². The van der Waals surface area contributed by atoms with Crippen molar-refractivity contribution in [2.24, 2.45) is 17.3 Å². The van der Waals surface area contributed by atoms with Gasteiger partial charge in [0, 0.05) is 6.07 Å². The van der Waals surface area contributed by atoms with E-state index in [1.807, 2.05) is 13.8 Å². The van der Waals surface area contributed by atoms with Crippen molar-refractivity contribution in [2.75, 3.05) is 0 Å². The van der Waals surface area contributed by atoms with E-state index in [1.54, 1.807) is 6.08 Å². The topological polar surface area (TPSA) is 9.23 Å². The Kier molecular flexibility index (Phi) is 4.89. The van der Waals surface area contributed by atoms with Gasteiger partial charge in [0.15, 0.2) is 11.6 Å². The van der Waals surface area contributed by atoms with Crippen LogP contribution < -0.4 is 4.74 Å². The van der Waals surface area contributed by atoms with Crippen LogP contribution in [0.3, 0.4) is 0 Å². The highest BCUT2D eigenvalue weighted by molar-refractivity contribution is 6.55. The van der Waals surface area contributed by atoms with Crippen LogP contribution in [0.15, 0.2) is 22.7 Å². The summed E-state index contributed by atoms with van der Waals surface area (Å²) in [5, 5.41) is 0. The maximum atomic E-state index is 13.8. The van der Waals surface area contributed by atoms with Crippen LogP contribution >= 0.6 is 23.2 Å². The van der Waals surface area contributed by atoms with Gasteiger partial charge in [0.05, 0.1) is 0 Å². The summed E-state index contributed by atoms with van der Waals surface area (Å²) >= 11 is 11.2. The first-order chi connectivity index (χ1) is 10.4. The largest absolute Gasteiger partial charge is 0.573 e. The first-order valence-electron chi connectivity index (χ1n) is 6.68. The van der Waals surface area contributed by atoms with E-state index in [-0.39, 0.29) is 33.7 Å². The van der Waals surface area contributed by atoms with Crippen molar-refractivity contribution in [1.82, 2.24) is 0 Å². The summed E-state index contributed by atoms with van der Waals surface area (Å²) in [6, 6.07) is 1.14. The summed E-state index contributed by atoms with van der Waals surface area (Å²) in [6.07, 6.45) is -3.32. The quantitative estimate of drug-likeness (QED) is 0.587. The molecular formula is C15H13Cl2F5O. The third kappa shape index (κ3) is 4.29. The fraction of sp³-hybridized carbons (Fsp3) is 0.467. The van der Waals surface area contributed by atoms with Gasteiger partial charge in [-0.2, -0.15) is 0 Å². The van der Waals surface area contributed by atoms with E-state index in [0.717, 1.165) is 6.07 Å². The Morgan fingerprint density at radius 3 is 2.35 bits per heavy atom. The van der Waals surface area contributed by atoms with Crippen LogP contribution in [-0.4, -0.2) is 6.36 Å². The average molecular weight is 375 g/mol. The number of rotatable bonds is 4. The number of allylic oxidation sites excluding steroid dienone is 1. The number of ether oxygens (including phenoxy) is 1. The third-order valence-corrected chi connectivity index (χ3v) is 4.46. The molecule has 1 saturated carbocycles. The highest BCUT2D eigenvalue weighted by atomic mass is 35.5. The summed E-state index contributed by atoms with van der Waals surface area (Å²) < 4.78 is 67.6. The monoisotopic (exact) mass is 374 g/mol. The van der Waals surface area contributed by atoms with Crippen molar-refractivity contribution < 1.29 is 26.7 Å². The van der Waals surface area contributed by atoms with Crippen LogP contribution in [0, 0.1) is 28.9 Å². The summed E-state index contributed by atoms with van der Waals surface area (Å²) in [6.45, 7) is 3.81. The summed E-state index contributed by atoms with van der Waals surface area (Å²) in [7, 11) is 0. The molecule has 1 nitrogen and oxygen atoms in total. The molecule has 8 heteroatoms. The molecule has 0 bridgehead atoms. The molecule has 1 aliphatic carbocycles. The van der Waals surface area contributed by atoms with Gasteiger partial charge in [-0.05, 0) is 35.3 Å². The van der Waals surface area contributed by atoms with Crippen molar-refractivity contribution in [3.05, 3.63) is 39.9 Å². The Hall–Kier alpha value is -1.01. The molecule has 1 aromatic carbocycles. The van der Waals surface area contributed by atoms with Gasteiger partial charge < -0.3 is 4.74 Å². The molecular weight excluding hydrogens is 362 g/mol. The first-order valence-corrected chi connectivity index (χ1v) is 7.44. The van der Waals surface area contributed by atoms with Crippen molar-refractivity contribution >= 4 is 23.2 Å². The van der Waals surface area contributed by atoms with Gasteiger partial charge >= 0.3 is 6.36 Å². The number of halogens is 7. The molecule has 128 valence electrons. The third-order valence-electron chi connectivity index (χ3n) is 4.21. The number of hydrogen-bond donors (Lipinski definition) is 0. The summed E-state index contributed by atoms with van der Waals surface area (Å²) in [5.74, 6) is -3.48. The Bertz CT molecular complexity index is 635. The van der Waals surface area contributed by atoms with Crippen LogP contribution in [0.4, 0.5) is 22.0 Å². The van der Waals surface area contributed by atoms with Crippen LogP contribution in [0.25, 0.3) is 0 Å². The Morgan fingerprint density at radius 2 is 1.83 bits per heavy atom. The van der Waals surface area contributed by atoms with Gasteiger partial charge in [-0.25, -0.2) is 8.78 Å². The van der Waals surface area contributed by atoms with E-state index in [1.165, 1.54) is 0 Å². The highest BCUT2D eigenvalue weighted by Gasteiger charge is 2.56. The fourth-order valence-corrected chi connectivity index (χ4v) is 3.08. The van der Waals surface area contributed by atoms with Crippen molar-refractivity contribution in [1.29, 1.82) is 0 Å². The lowest BCUT2D eigenvalue weighted by Gasteiger charge is -2.12. The second-order valence-corrected chi connectivity index (χ2v) is 7.04. The minimum atomic E-state index is -5.05. The van der Waals surface area contributed by atoms with Crippen molar-refractivity contribution in [2.45, 2.75) is 26.6 Å². The second kappa shape index (κ2) is 6.13. The summed E-state index contributed by atoms with van der Waals surface area (Å²) in [5.41, 5.74) is -0.286. The molecule has 1 aliphatic rings. The van der Waals surface area contributed by atoms with Crippen LogP contribution in [-0.2, 0) is 6.42 Å². The van der Waals surface area contributed by atoms with Gasteiger partial charge in [0.25, 0.3) is 0 Å². The maximum absolute atomic E-state index is 13.8. The molecule has 0 heterocycles. The minimum Gasteiger partial charge on any atom is -0.403 e. The molecule has 0 saturated heterocycles. The lowest BCUT2D eigenvalue weighted by molar-refractivity contribution is -0.275. The lowest BCUT2D eigenvalue weighted by Crippen LogP contribution is -2.18. The smallest absolute Gasteiger partial charge is 0.403 e. The molecule has 1 fully saturated rings. The van der Waals surface area contributed by atoms with Gasteiger partial charge in [-0.3, -0.25) is 0 Å². The highest BCUT2D eigenvalue weighted by Crippen LogP contribution is 2.61. The molecule has 1 aromatic rings. The molecule has 0 aromatic heterocycles. The number of alkyl halides is 3. The van der Waals surface area contributed by atoms with Gasteiger partial charge in [0.1, 0.15) is 10.3 Å². The van der Waals surface area contributed by atoms with Crippen LogP contribution in [0.1, 0.15) is 19.4 Å². The normalized spacial score (nSPS) is 22.7. The first kappa shape index (κ1) is 18.3. The average Bonchev–Trinajstić information content (AvgIpc) is 2.84. The predicted octanol–water partition coefficient (Wildman–Crippen LogP) is 6.00. The Morgan fingerprint density at radius 1 is 1.22 bits per heavy atom. The summed E-state index contributed by atoms with van der Waals surface area (Å²) in [4.78, 5) is 0. The van der Waals surface area contributed by atoms with E-state index in [9.17, 15) is 22.0 Å². The Labute approximate surface area is 140 Å². The van der Waals surface area contributed by atoms with E-state index in [0.29, 0.717) is 6.07 Å². The van der Waals surface area contributed by atoms with Gasteiger partial charge in [-0.1, -0.05) is 43.1 Å². The zero-order valence-corrected chi connectivity index (χ0v) is 13.7. The van der Waals surface area contributed by atoms with Gasteiger partial charge in [0.2, 0.25) is 0 Å². The van der Waals surface area contributed by atoms with Crippen LogP contribution in [0.5, 0.6) is 5.75 Å². The molecule has 0 radical (unpaired) electrons. The molecule has 0 N–H and O–H groups in total. The van der Waals surface area contributed by atoms with Crippen LogP contribution in [0.2, 0.25) is 0 Å². The fourth-order valence-electron chi connectivity index (χ4n) is 2.81. The van der Waals surface area contributed by atoms with Gasteiger partial charge in [-0.15, -0.1) is 13.2 Å². The van der Waals surface area contributed by atoms with Crippen molar-refractivity contribution in [3.63, 3.8) is 0 Å². The van der Waals surface area contributed by atoms with E-state index in [4.69, 9.17) is 23.2 Å². The maximum Gasteiger partial charge on any atom is 0.573 e. The zero-order valence-electron chi connectivity index (χ0n) is 12.1. The standard InChI is InChI=1S/C15H13Cl2F5O/c1-14(2)8(9(14)5-13(16)17)3-7-4-12(23-15(20,21)22)11(19)6-10(7)18/h4-6,8-9H,3H2,1-2H3. The molecule has 23 heavy (non-hydrogen) atoms. The number of hydrogen-bond acceptors (Lipinski definition) is 1. The molecule has 0 aliphatic heterocycles. The molecule has 2 rings (SSSR count). The molecule has 0 spiro atoms.